The van der Waals surface area contributed by atoms with E-state index in [0.717, 1.165) is 36.2 Å². The molecule has 1 saturated carbocycles. The van der Waals surface area contributed by atoms with Crippen LogP contribution in [-0.4, -0.2) is 17.6 Å². The van der Waals surface area contributed by atoms with Crippen LogP contribution in [0.25, 0.3) is 11.3 Å². The molecule has 106 valence electrons. The first-order valence-electron chi connectivity index (χ1n) is 7.51. The topological polar surface area (TPSA) is 38.1 Å². The van der Waals surface area contributed by atoms with Gasteiger partial charge in [-0.25, -0.2) is 4.98 Å². The predicted molar refractivity (Wildman–Crippen MR) is 80.8 cm³/mol. The quantitative estimate of drug-likeness (QED) is 0.868. The number of benzene rings is 1. The summed E-state index contributed by atoms with van der Waals surface area (Å²) in [5.41, 5.74) is 2.45. The van der Waals surface area contributed by atoms with Gasteiger partial charge in [0, 0.05) is 24.6 Å². The summed E-state index contributed by atoms with van der Waals surface area (Å²) in [5, 5.41) is 3.47. The Kier molecular flexibility index (Phi) is 3.88. The smallest absolute Gasteiger partial charge is 0.196 e. The third-order valence-electron chi connectivity index (χ3n) is 3.76. The van der Waals surface area contributed by atoms with Gasteiger partial charge in [0.15, 0.2) is 11.7 Å². The van der Waals surface area contributed by atoms with Gasteiger partial charge >= 0.3 is 0 Å². The highest BCUT2D eigenvalue weighted by Crippen LogP contribution is 2.23. The second-order valence-electron chi connectivity index (χ2n) is 5.87. The fourth-order valence-corrected chi connectivity index (χ4v) is 2.26. The zero-order valence-corrected chi connectivity index (χ0v) is 12.2. The van der Waals surface area contributed by atoms with Crippen molar-refractivity contribution in [2.24, 2.45) is 0 Å². The Morgan fingerprint density at radius 2 is 2.00 bits per heavy atom. The summed E-state index contributed by atoms with van der Waals surface area (Å²) in [5.74, 6) is 2.24. The molecule has 1 aromatic carbocycles. The van der Waals surface area contributed by atoms with Gasteiger partial charge in [0.05, 0.1) is 6.20 Å². The van der Waals surface area contributed by atoms with Crippen molar-refractivity contribution in [3.63, 3.8) is 0 Å². The summed E-state index contributed by atoms with van der Waals surface area (Å²) >= 11 is 0. The SMILES string of the molecule is CC(C)c1ccc(-c2cnc(CCNC3CC3)o2)cc1. The molecule has 1 aromatic heterocycles. The lowest BCUT2D eigenvalue weighted by Gasteiger charge is -2.05. The molecule has 2 aromatic rings. The maximum Gasteiger partial charge on any atom is 0.196 e. The van der Waals surface area contributed by atoms with Gasteiger partial charge in [-0.05, 0) is 24.3 Å². The van der Waals surface area contributed by atoms with Crippen molar-refractivity contribution in [3.05, 3.63) is 41.9 Å². The lowest BCUT2D eigenvalue weighted by atomic mass is 10.0. The molecule has 3 nitrogen and oxygen atoms in total. The number of rotatable bonds is 6. The van der Waals surface area contributed by atoms with E-state index in [1.807, 2.05) is 6.20 Å². The van der Waals surface area contributed by atoms with E-state index in [1.165, 1.54) is 18.4 Å². The molecule has 20 heavy (non-hydrogen) atoms. The van der Waals surface area contributed by atoms with Crippen LogP contribution in [0.5, 0.6) is 0 Å². The molecule has 0 radical (unpaired) electrons. The highest BCUT2D eigenvalue weighted by molar-refractivity contribution is 5.56. The fourth-order valence-electron chi connectivity index (χ4n) is 2.26. The van der Waals surface area contributed by atoms with Crippen LogP contribution in [0.1, 0.15) is 44.1 Å². The van der Waals surface area contributed by atoms with Crippen molar-refractivity contribution in [2.45, 2.75) is 45.1 Å². The first-order valence-corrected chi connectivity index (χ1v) is 7.51. The first-order chi connectivity index (χ1) is 9.72. The molecular weight excluding hydrogens is 248 g/mol. The predicted octanol–water partition coefficient (Wildman–Crippen LogP) is 3.76. The van der Waals surface area contributed by atoms with E-state index in [9.17, 15) is 0 Å². The molecule has 1 aliphatic carbocycles. The van der Waals surface area contributed by atoms with Gasteiger partial charge < -0.3 is 9.73 Å². The highest BCUT2D eigenvalue weighted by Gasteiger charge is 2.20. The molecule has 1 fully saturated rings. The van der Waals surface area contributed by atoms with Crippen molar-refractivity contribution >= 4 is 0 Å². The first kappa shape index (κ1) is 13.4. The molecular formula is C17H22N2O. The summed E-state index contributed by atoms with van der Waals surface area (Å²) in [7, 11) is 0. The second kappa shape index (κ2) is 5.80. The number of oxazole rings is 1. The highest BCUT2D eigenvalue weighted by atomic mass is 16.4. The molecule has 0 bridgehead atoms. The van der Waals surface area contributed by atoms with Crippen molar-refractivity contribution < 1.29 is 4.42 Å². The molecule has 1 aliphatic rings. The van der Waals surface area contributed by atoms with Crippen molar-refractivity contribution in [2.75, 3.05) is 6.54 Å². The van der Waals surface area contributed by atoms with Crippen LogP contribution in [-0.2, 0) is 6.42 Å². The van der Waals surface area contributed by atoms with Crippen LogP contribution >= 0.6 is 0 Å². The summed E-state index contributed by atoms with van der Waals surface area (Å²) in [6.45, 7) is 5.36. The van der Waals surface area contributed by atoms with Gasteiger partial charge in [0.2, 0.25) is 0 Å². The van der Waals surface area contributed by atoms with Gasteiger partial charge in [-0.3, -0.25) is 0 Å². The minimum atomic E-state index is 0.558. The van der Waals surface area contributed by atoms with E-state index < -0.39 is 0 Å². The summed E-state index contributed by atoms with van der Waals surface area (Å²) in [4.78, 5) is 4.36. The maximum atomic E-state index is 5.82. The lowest BCUT2D eigenvalue weighted by Crippen LogP contribution is -2.19. The van der Waals surface area contributed by atoms with Crippen molar-refractivity contribution in [1.82, 2.24) is 10.3 Å². The fraction of sp³-hybridized carbons (Fsp3) is 0.471. The molecule has 0 atom stereocenters. The number of hydrogen-bond donors (Lipinski definition) is 1. The average molecular weight is 270 g/mol. The van der Waals surface area contributed by atoms with Gasteiger partial charge in [-0.1, -0.05) is 38.1 Å². The lowest BCUT2D eigenvalue weighted by molar-refractivity contribution is 0.494. The second-order valence-corrected chi connectivity index (χ2v) is 5.87. The monoisotopic (exact) mass is 270 g/mol. The van der Waals surface area contributed by atoms with Crippen LogP contribution in [0.15, 0.2) is 34.9 Å². The van der Waals surface area contributed by atoms with Crippen molar-refractivity contribution in [3.8, 4) is 11.3 Å². The average Bonchev–Trinajstić information content (AvgIpc) is 3.15. The molecule has 3 heteroatoms. The van der Waals surface area contributed by atoms with Crippen LogP contribution in [0.3, 0.4) is 0 Å². The van der Waals surface area contributed by atoms with E-state index in [2.05, 4.69) is 48.4 Å². The Morgan fingerprint density at radius 1 is 1.25 bits per heavy atom. The van der Waals surface area contributed by atoms with Gasteiger partial charge in [-0.2, -0.15) is 0 Å². The van der Waals surface area contributed by atoms with E-state index in [4.69, 9.17) is 4.42 Å². The third kappa shape index (κ3) is 3.28. The largest absolute Gasteiger partial charge is 0.441 e. The van der Waals surface area contributed by atoms with Crippen molar-refractivity contribution in [1.29, 1.82) is 0 Å². The zero-order valence-electron chi connectivity index (χ0n) is 12.2. The van der Waals surface area contributed by atoms with E-state index in [0.29, 0.717) is 5.92 Å². The molecule has 1 heterocycles. The maximum absolute atomic E-state index is 5.82. The molecule has 1 N–H and O–H groups in total. The number of hydrogen-bond acceptors (Lipinski definition) is 3. The molecule has 0 unspecified atom stereocenters. The Morgan fingerprint density at radius 3 is 2.65 bits per heavy atom. The number of aromatic nitrogens is 1. The molecule has 0 aliphatic heterocycles. The number of nitrogens with zero attached hydrogens (tertiary/aromatic N) is 1. The molecule has 0 saturated heterocycles. The van der Waals surface area contributed by atoms with Crippen LogP contribution in [0, 0.1) is 0 Å². The minimum absolute atomic E-state index is 0.558. The Labute approximate surface area is 120 Å². The van der Waals surface area contributed by atoms with Gasteiger partial charge in [0.1, 0.15) is 0 Å². The number of nitrogens with one attached hydrogen (secondary N) is 1. The minimum Gasteiger partial charge on any atom is -0.441 e. The van der Waals surface area contributed by atoms with E-state index in [1.54, 1.807) is 0 Å². The molecule has 0 amide bonds. The summed E-state index contributed by atoms with van der Waals surface area (Å²) in [6.07, 6.45) is 5.33. The Hall–Kier alpha value is -1.61. The summed E-state index contributed by atoms with van der Waals surface area (Å²) in [6, 6.07) is 9.30. The Balaban J connectivity index is 1.62. The normalized spacial score (nSPS) is 14.9. The standard InChI is InChI=1S/C17H22N2O/c1-12(2)13-3-5-14(6-4-13)16-11-19-17(20-16)9-10-18-15-7-8-15/h3-6,11-12,15,18H,7-10H2,1-2H3. The van der Waals surface area contributed by atoms with E-state index >= 15 is 0 Å². The molecule has 3 rings (SSSR count). The summed E-state index contributed by atoms with van der Waals surface area (Å²) < 4.78 is 5.82. The van der Waals surface area contributed by atoms with Crippen LogP contribution in [0.4, 0.5) is 0 Å². The Bertz CT molecular complexity index is 553. The third-order valence-corrected chi connectivity index (χ3v) is 3.76. The van der Waals surface area contributed by atoms with Crippen LogP contribution in [0.2, 0.25) is 0 Å². The van der Waals surface area contributed by atoms with Crippen LogP contribution < -0.4 is 5.32 Å². The zero-order chi connectivity index (χ0) is 13.9. The molecule has 0 spiro atoms. The van der Waals surface area contributed by atoms with Gasteiger partial charge in [-0.15, -0.1) is 0 Å². The van der Waals surface area contributed by atoms with E-state index in [-0.39, 0.29) is 0 Å². The van der Waals surface area contributed by atoms with Gasteiger partial charge in [0.25, 0.3) is 0 Å².